The van der Waals surface area contributed by atoms with E-state index >= 15 is 0 Å². The first-order valence-corrected chi connectivity index (χ1v) is 24.7. The molecule has 2 atom stereocenters. The zero-order valence-corrected chi connectivity index (χ0v) is 38.8. The summed E-state index contributed by atoms with van der Waals surface area (Å²) in [6, 6.07) is 0. The second-order valence-corrected chi connectivity index (χ2v) is 17.0. The summed E-state index contributed by atoms with van der Waals surface area (Å²) in [5, 5.41) is 0. The van der Waals surface area contributed by atoms with E-state index in [1.165, 1.54) is 89.9 Å². The van der Waals surface area contributed by atoms with E-state index in [0.717, 1.165) is 57.8 Å². The van der Waals surface area contributed by atoms with Crippen LogP contribution in [0, 0.1) is 0 Å². The molecule has 0 aliphatic rings. The molecular weight excluding hydrogens is 762 g/mol. The van der Waals surface area contributed by atoms with Crippen LogP contribution in [0.2, 0.25) is 0 Å². The largest absolute Gasteiger partial charge is 0.472 e. The van der Waals surface area contributed by atoms with Gasteiger partial charge in [-0.3, -0.25) is 18.6 Å². The summed E-state index contributed by atoms with van der Waals surface area (Å²) in [6.07, 6.45) is 52.5. The summed E-state index contributed by atoms with van der Waals surface area (Å²) in [5.41, 5.74) is 0. The van der Waals surface area contributed by atoms with E-state index in [1.54, 1.807) is 4.90 Å². The lowest BCUT2D eigenvalue weighted by Gasteiger charge is -2.20. The van der Waals surface area contributed by atoms with Gasteiger partial charge in [-0.2, -0.15) is 0 Å². The van der Waals surface area contributed by atoms with E-state index in [4.69, 9.17) is 18.5 Å². The Kier molecular flexibility index (Phi) is 41.7. The van der Waals surface area contributed by atoms with Crippen LogP contribution in [0.5, 0.6) is 0 Å². The predicted molar refractivity (Wildman–Crippen MR) is 247 cm³/mol. The fourth-order valence-electron chi connectivity index (χ4n) is 5.90. The minimum absolute atomic E-state index is 0.00961. The number of likely N-dealkylation sites (N-methyl/N-ethyl adjacent to an activating group) is 1. The van der Waals surface area contributed by atoms with E-state index in [-0.39, 0.29) is 26.1 Å². The summed E-state index contributed by atoms with van der Waals surface area (Å²) in [4.78, 5) is 37.0. The summed E-state index contributed by atoms with van der Waals surface area (Å²) in [5.74, 6) is -0.907. The molecular formula is C49H86NO8P. The van der Waals surface area contributed by atoms with Crippen LogP contribution in [-0.4, -0.2) is 68.3 Å². The third-order valence-corrected chi connectivity index (χ3v) is 10.5. The van der Waals surface area contributed by atoms with Crippen LogP contribution in [0.3, 0.4) is 0 Å². The van der Waals surface area contributed by atoms with Gasteiger partial charge in [-0.05, 0) is 91.1 Å². The standard InChI is InChI=1S/C49H86NO8P/c1-5-7-9-11-13-15-17-19-21-23-24-26-28-30-32-34-36-38-40-42-49(52)58-47(46-57-59(53,54)56-44-43-50(3)4)45-55-48(51)41-39-37-35-33-31-29-27-25-22-20-18-16-14-12-10-8-6-2/h13,15,19-22,24,26,30,32,36,38,47H,5-12,14,16-18,23,25,27-29,31,33-35,37,39-46H2,1-4H3,(H,53,54)/b15-13-,21-19-,22-20-,26-24-,32-30-,38-36-. The van der Waals surface area contributed by atoms with Crippen LogP contribution in [-0.2, 0) is 32.7 Å². The molecule has 0 fully saturated rings. The average molecular weight is 848 g/mol. The van der Waals surface area contributed by atoms with Crippen molar-refractivity contribution in [2.24, 2.45) is 0 Å². The van der Waals surface area contributed by atoms with Gasteiger partial charge in [0, 0.05) is 19.4 Å². The number of unbranched alkanes of at least 4 members (excludes halogenated alkanes) is 16. The van der Waals surface area contributed by atoms with Gasteiger partial charge in [-0.15, -0.1) is 0 Å². The fourth-order valence-corrected chi connectivity index (χ4v) is 6.64. The molecule has 0 aromatic rings. The van der Waals surface area contributed by atoms with E-state index < -0.39 is 32.5 Å². The molecule has 2 unspecified atom stereocenters. The van der Waals surface area contributed by atoms with E-state index in [9.17, 15) is 19.0 Å². The number of esters is 2. The number of phosphoric ester groups is 1. The molecule has 0 heterocycles. The lowest BCUT2D eigenvalue weighted by atomic mass is 10.1. The number of ether oxygens (including phenoxy) is 2. The Morgan fingerprint density at radius 1 is 0.525 bits per heavy atom. The highest BCUT2D eigenvalue weighted by molar-refractivity contribution is 7.47. The Bertz CT molecular complexity index is 1210. The first-order valence-electron chi connectivity index (χ1n) is 23.2. The van der Waals surface area contributed by atoms with Crippen LogP contribution in [0.25, 0.3) is 0 Å². The van der Waals surface area contributed by atoms with Crippen molar-refractivity contribution in [3.63, 3.8) is 0 Å². The SMILES string of the molecule is CCCCC/C=C\C/C=C\C/C=C\C/C=C\C/C=C\CCC(=O)OC(COC(=O)CCCCCCCCC/C=C\CCCCCCCC)COP(=O)(O)OCCN(C)C. The van der Waals surface area contributed by atoms with E-state index in [0.29, 0.717) is 13.0 Å². The van der Waals surface area contributed by atoms with Crippen molar-refractivity contribution in [3.05, 3.63) is 72.9 Å². The normalized spacial score (nSPS) is 14.0. The predicted octanol–water partition coefficient (Wildman–Crippen LogP) is 13.7. The van der Waals surface area contributed by atoms with Crippen LogP contribution in [0.1, 0.15) is 181 Å². The first kappa shape index (κ1) is 56.5. The molecule has 0 saturated carbocycles. The summed E-state index contributed by atoms with van der Waals surface area (Å²) >= 11 is 0. The molecule has 0 aromatic carbocycles. The molecule has 0 bridgehead atoms. The molecule has 0 aromatic heterocycles. The number of hydrogen-bond acceptors (Lipinski definition) is 8. The zero-order chi connectivity index (χ0) is 43.3. The maximum Gasteiger partial charge on any atom is 0.472 e. The summed E-state index contributed by atoms with van der Waals surface area (Å²) < 4.78 is 33.4. The zero-order valence-electron chi connectivity index (χ0n) is 37.9. The van der Waals surface area contributed by atoms with Crippen LogP contribution in [0.15, 0.2) is 72.9 Å². The molecule has 0 spiro atoms. The van der Waals surface area contributed by atoms with Crippen molar-refractivity contribution in [2.45, 2.75) is 187 Å². The molecule has 0 aliphatic carbocycles. The maximum atomic E-state index is 12.6. The van der Waals surface area contributed by atoms with E-state index in [2.05, 4.69) is 74.6 Å². The topological polar surface area (TPSA) is 112 Å². The Labute approximate surface area is 361 Å². The third-order valence-electron chi connectivity index (χ3n) is 9.50. The van der Waals surface area contributed by atoms with Gasteiger partial charge in [0.1, 0.15) is 6.61 Å². The Morgan fingerprint density at radius 2 is 0.949 bits per heavy atom. The highest BCUT2D eigenvalue weighted by Crippen LogP contribution is 2.43. The average Bonchev–Trinajstić information content (AvgIpc) is 3.20. The molecule has 340 valence electrons. The van der Waals surface area contributed by atoms with Gasteiger partial charge in [-0.1, -0.05) is 164 Å². The highest BCUT2D eigenvalue weighted by atomic mass is 31.2. The van der Waals surface area contributed by atoms with Crippen LogP contribution in [0.4, 0.5) is 0 Å². The molecule has 9 nitrogen and oxygen atoms in total. The smallest absolute Gasteiger partial charge is 0.462 e. The summed E-state index contributed by atoms with van der Waals surface area (Å²) in [6.45, 7) is 4.20. The first-order chi connectivity index (χ1) is 28.7. The van der Waals surface area contributed by atoms with E-state index in [1.807, 2.05) is 26.2 Å². The fraction of sp³-hybridized carbons (Fsp3) is 0.714. The van der Waals surface area contributed by atoms with Crippen molar-refractivity contribution < 1.29 is 37.6 Å². The number of rotatable bonds is 42. The molecule has 0 saturated heterocycles. The number of carbonyl (C=O) groups is 2. The van der Waals surface area contributed by atoms with Gasteiger partial charge in [0.05, 0.1) is 13.2 Å². The lowest BCUT2D eigenvalue weighted by Crippen LogP contribution is -2.29. The molecule has 10 heteroatoms. The quantitative estimate of drug-likeness (QED) is 0.0278. The van der Waals surface area contributed by atoms with Gasteiger partial charge in [-0.25, -0.2) is 4.57 Å². The number of nitrogens with zero attached hydrogens (tertiary/aromatic N) is 1. The second-order valence-electron chi connectivity index (χ2n) is 15.6. The number of phosphoric acid groups is 1. The third kappa shape index (κ3) is 44.8. The highest BCUT2D eigenvalue weighted by Gasteiger charge is 2.26. The molecule has 0 aliphatic heterocycles. The Balaban J connectivity index is 4.40. The van der Waals surface area contributed by atoms with Crippen molar-refractivity contribution in [3.8, 4) is 0 Å². The Morgan fingerprint density at radius 3 is 1.47 bits per heavy atom. The van der Waals surface area contributed by atoms with Gasteiger partial charge >= 0.3 is 19.8 Å². The van der Waals surface area contributed by atoms with Gasteiger partial charge in [0.15, 0.2) is 6.10 Å². The lowest BCUT2D eigenvalue weighted by molar-refractivity contribution is -0.161. The van der Waals surface area contributed by atoms with Crippen LogP contribution < -0.4 is 0 Å². The van der Waals surface area contributed by atoms with Crippen molar-refractivity contribution >= 4 is 19.8 Å². The van der Waals surface area contributed by atoms with Crippen LogP contribution >= 0.6 is 7.82 Å². The molecule has 0 radical (unpaired) electrons. The second kappa shape index (κ2) is 43.5. The molecule has 0 rings (SSSR count). The molecule has 0 amide bonds. The minimum Gasteiger partial charge on any atom is -0.462 e. The van der Waals surface area contributed by atoms with Gasteiger partial charge < -0.3 is 19.3 Å². The van der Waals surface area contributed by atoms with Crippen molar-refractivity contribution in [1.29, 1.82) is 0 Å². The molecule has 1 N–H and O–H groups in total. The molecule has 59 heavy (non-hydrogen) atoms. The number of hydrogen-bond donors (Lipinski definition) is 1. The minimum atomic E-state index is -4.39. The number of allylic oxidation sites excluding steroid dienone is 12. The Hall–Kier alpha value is -2.55. The monoisotopic (exact) mass is 848 g/mol. The van der Waals surface area contributed by atoms with Crippen molar-refractivity contribution in [1.82, 2.24) is 4.90 Å². The van der Waals surface area contributed by atoms with Gasteiger partial charge in [0.2, 0.25) is 0 Å². The van der Waals surface area contributed by atoms with Gasteiger partial charge in [0.25, 0.3) is 0 Å². The van der Waals surface area contributed by atoms with Crippen molar-refractivity contribution in [2.75, 3.05) is 40.5 Å². The number of carbonyl (C=O) groups excluding carboxylic acids is 2. The maximum absolute atomic E-state index is 12.6. The summed E-state index contributed by atoms with van der Waals surface area (Å²) in [7, 11) is -0.757.